The molecule has 6 nitrogen and oxygen atoms in total. The number of imide groups is 2. The number of carbonyl (C=O) groups is 4. The molecule has 2 aliphatic heterocycles. The first kappa shape index (κ1) is 30.9. The maximum atomic E-state index is 13.7. The Hall–Kier alpha value is -6.40. The summed E-state index contributed by atoms with van der Waals surface area (Å²) in [5, 5.41) is 0. The lowest BCUT2D eigenvalue weighted by atomic mass is 9.97. The summed E-state index contributed by atoms with van der Waals surface area (Å²) in [5.74, 6) is -1.39. The maximum Gasteiger partial charge on any atom is 0.266 e. The topological polar surface area (TPSA) is 74.8 Å². The van der Waals surface area contributed by atoms with E-state index in [1.165, 1.54) is 9.80 Å². The normalized spacial score (nSPS) is 13.7. The quantitative estimate of drug-likeness (QED) is 0.174. The smallest absolute Gasteiger partial charge is 0.266 e. The van der Waals surface area contributed by atoms with Gasteiger partial charge in [0.15, 0.2) is 0 Å². The Bertz CT molecular complexity index is 2440. The Morgan fingerprint density at radius 1 is 0.340 bits per heavy atom. The predicted molar refractivity (Wildman–Crippen MR) is 197 cm³/mol. The van der Waals surface area contributed by atoms with Crippen LogP contribution in [0, 0.1) is 27.7 Å². The summed E-state index contributed by atoms with van der Waals surface area (Å²) in [7, 11) is 0. The largest absolute Gasteiger partial charge is 0.268 e. The summed E-state index contributed by atoms with van der Waals surface area (Å²) in [6.07, 6.45) is 0. The molecule has 0 saturated heterocycles. The van der Waals surface area contributed by atoms with E-state index in [9.17, 15) is 19.2 Å². The van der Waals surface area contributed by atoms with Gasteiger partial charge in [0.05, 0.1) is 33.6 Å². The Labute approximate surface area is 290 Å². The molecule has 0 aliphatic carbocycles. The van der Waals surface area contributed by atoms with Crippen molar-refractivity contribution in [1.29, 1.82) is 0 Å². The molecular formula is C44H32N2O4. The van der Waals surface area contributed by atoms with Crippen molar-refractivity contribution in [2.75, 3.05) is 9.80 Å². The average Bonchev–Trinajstić information content (AvgIpc) is 3.51. The van der Waals surface area contributed by atoms with Crippen molar-refractivity contribution >= 4 is 35.0 Å². The number of amides is 4. The fourth-order valence-electron chi connectivity index (χ4n) is 6.97. The van der Waals surface area contributed by atoms with Gasteiger partial charge in [-0.05, 0) is 121 Å². The van der Waals surface area contributed by atoms with Gasteiger partial charge in [-0.1, -0.05) is 83.9 Å². The molecule has 6 aromatic carbocycles. The van der Waals surface area contributed by atoms with E-state index in [-0.39, 0.29) is 23.6 Å². The summed E-state index contributed by atoms with van der Waals surface area (Å²) in [6, 6.07) is 38.1. The highest BCUT2D eigenvalue weighted by atomic mass is 16.2. The van der Waals surface area contributed by atoms with Gasteiger partial charge in [0.25, 0.3) is 23.6 Å². The zero-order valence-corrected chi connectivity index (χ0v) is 28.1. The van der Waals surface area contributed by atoms with Crippen LogP contribution in [-0.4, -0.2) is 23.6 Å². The summed E-state index contributed by atoms with van der Waals surface area (Å²) in [4.78, 5) is 56.7. The molecule has 0 atom stereocenters. The lowest BCUT2D eigenvalue weighted by Gasteiger charge is -2.19. The van der Waals surface area contributed by atoms with Gasteiger partial charge < -0.3 is 0 Å². The first-order valence-corrected chi connectivity index (χ1v) is 16.5. The molecule has 8 rings (SSSR count). The number of rotatable bonds is 5. The van der Waals surface area contributed by atoms with E-state index < -0.39 is 0 Å². The molecular weight excluding hydrogens is 620 g/mol. The number of anilines is 2. The standard InChI is InChI=1S/C44H32N2O4/c1-25-5-9-29(10-6-25)31-13-17-36-38(23-31)43(49)45(41(36)47)34-16-19-35(27(3)22-34)33-15-20-40(28(4)21-33)46-42(48)37-18-14-32(24-39(37)44(46)50)30-11-7-26(2)8-12-30/h5-24H,1-4H3. The molecule has 0 spiro atoms. The van der Waals surface area contributed by atoms with E-state index in [4.69, 9.17) is 0 Å². The van der Waals surface area contributed by atoms with Crippen LogP contribution >= 0.6 is 0 Å². The van der Waals surface area contributed by atoms with Crippen LogP contribution in [0.4, 0.5) is 11.4 Å². The van der Waals surface area contributed by atoms with Gasteiger partial charge in [-0.15, -0.1) is 0 Å². The van der Waals surface area contributed by atoms with Gasteiger partial charge >= 0.3 is 0 Å². The summed E-state index contributed by atoms with van der Waals surface area (Å²) in [5.41, 5.74) is 12.0. The number of aryl methyl sites for hydroxylation is 4. The van der Waals surface area contributed by atoms with Gasteiger partial charge in [0, 0.05) is 0 Å². The number of benzene rings is 6. The molecule has 0 aromatic heterocycles. The summed E-state index contributed by atoms with van der Waals surface area (Å²) in [6.45, 7) is 7.87. The Kier molecular flexibility index (Phi) is 7.19. The van der Waals surface area contributed by atoms with E-state index in [2.05, 4.69) is 0 Å². The second kappa shape index (κ2) is 11.6. The van der Waals surface area contributed by atoms with Crippen molar-refractivity contribution in [1.82, 2.24) is 0 Å². The van der Waals surface area contributed by atoms with Crippen molar-refractivity contribution in [2.45, 2.75) is 27.7 Å². The van der Waals surface area contributed by atoms with Crippen molar-refractivity contribution < 1.29 is 19.2 Å². The first-order valence-electron chi connectivity index (χ1n) is 16.5. The number of fused-ring (bicyclic) bond motifs is 2. The Morgan fingerprint density at radius 2 is 0.780 bits per heavy atom. The molecule has 4 amide bonds. The SMILES string of the molecule is Cc1ccc(-c2ccc3c(c2)C(=O)N(c2ccc(-c4ccc(N5C(=O)c6ccc(-c7ccc(C)cc7)cc6C5=O)c(C)c4)c(C)c2)C3=O)cc1. The molecule has 242 valence electrons. The minimum atomic E-state index is -0.349. The summed E-state index contributed by atoms with van der Waals surface area (Å²) >= 11 is 0. The van der Waals surface area contributed by atoms with Gasteiger partial charge in [-0.2, -0.15) is 0 Å². The van der Waals surface area contributed by atoms with Crippen LogP contribution in [0.5, 0.6) is 0 Å². The van der Waals surface area contributed by atoms with Crippen molar-refractivity contribution in [3.8, 4) is 33.4 Å². The molecule has 6 heteroatoms. The lowest BCUT2D eigenvalue weighted by Crippen LogP contribution is -2.30. The minimum Gasteiger partial charge on any atom is -0.268 e. The molecule has 2 aliphatic rings. The van der Waals surface area contributed by atoms with E-state index in [1.807, 2.05) is 113 Å². The zero-order valence-electron chi connectivity index (χ0n) is 28.1. The van der Waals surface area contributed by atoms with E-state index >= 15 is 0 Å². The minimum absolute atomic E-state index is 0.344. The third-order valence-corrected chi connectivity index (χ3v) is 9.76. The lowest BCUT2D eigenvalue weighted by molar-refractivity contribution is 0.0910. The fraction of sp³-hybridized carbons (Fsp3) is 0.0909. The average molecular weight is 653 g/mol. The molecule has 0 N–H and O–H groups in total. The highest BCUT2D eigenvalue weighted by Crippen LogP contribution is 2.38. The number of nitrogens with zero attached hydrogens (tertiary/aromatic N) is 2. The maximum absolute atomic E-state index is 13.7. The molecule has 6 aromatic rings. The molecule has 0 saturated carbocycles. The van der Waals surface area contributed by atoms with Crippen LogP contribution < -0.4 is 9.80 Å². The van der Waals surface area contributed by atoms with E-state index in [0.717, 1.165) is 55.6 Å². The Morgan fingerprint density at radius 3 is 1.30 bits per heavy atom. The van der Waals surface area contributed by atoms with Gasteiger partial charge in [-0.3, -0.25) is 19.2 Å². The van der Waals surface area contributed by atoms with E-state index in [1.54, 1.807) is 36.4 Å². The molecule has 0 radical (unpaired) electrons. The number of hydrogen-bond donors (Lipinski definition) is 0. The Balaban J connectivity index is 1.05. The number of hydrogen-bond acceptors (Lipinski definition) is 4. The van der Waals surface area contributed by atoms with Crippen molar-refractivity contribution in [2.24, 2.45) is 0 Å². The second-order valence-corrected chi connectivity index (χ2v) is 13.1. The molecule has 50 heavy (non-hydrogen) atoms. The van der Waals surface area contributed by atoms with Crippen molar-refractivity contribution in [3.05, 3.63) is 166 Å². The van der Waals surface area contributed by atoms with Crippen LogP contribution in [0.25, 0.3) is 33.4 Å². The van der Waals surface area contributed by atoms with Gasteiger partial charge in [0.2, 0.25) is 0 Å². The number of carbonyl (C=O) groups excluding carboxylic acids is 4. The van der Waals surface area contributed by atoms with Crippen LogP contribution in [-0.2, 0) is 0 Å². The van der Waals surface area contributed by atoms with Crippen molar-refractivity contribution in [3.63, 3.8) is 0 Å². The fourth-order valence-corrected chi connectivity index (χ4v) is 6.97. The molecule has 0 bridgehead atoms. The highest BCUT2D eigenvalue weighted by molar-refractivity contribution is 6.35. The van der Waals surface area contributed by atoms with Gasteiger partial charge in [0.1, 0.15) is 0 Å². The zero-order chi connectivity index (χ0) is 34.8. The predicted octanol–water partition coefficient (Wildman–Crippen LogP) is 9.52. The van der Waals surface area contributed by atoms with Crippen LogP contribution in [0.15, 0.2) is 121 Å². The van der Waals surface area contributed by atoms with E-state index in [0.29, 0.717) is 33.6 Å². The molecule has 2 heterocycles. The summed E-state index contributed by atoms with van der Waals surface area (Å²) < 4.78 is 0. The molecule has 0 fully saturated rings. The highest BCUT2D eigenvalue weighted by Gasteiger charge is 2.38. The third kappa shape index (κ3) is 4.96. The first-order chi connectivity index (χ1) is 24.1. The van der Waals surface area contributed by atoms with Gasteiger partial charge in [-0.25, -0.2) is 9.80 Å². The third-order valence-electron chi connectivity index (χ3n) is 9.76. The van der Waals surface area contributed by atoms with Crippen LogP contribution in [0.2, 0.25) is 0 Å². The monoisotopic (exact) mass is 652 g/mol. The second-order valence-electron chi connectivity index (χ2n) is 13.1. The van der Waals surface area contributed by atoms with Crippen LogP contribution in [0.3, 0.4) is 0 Å². The molecule has 0 unspecified atom stereocenters. The van der Waals surface area contributed by atoms with Crippen LogP contribution in [0.1, 0.15) is 63.7 Å².